The highest BCUT2D eigenvalue weighted by Crippen LogP contribution is 2.28. The first-order chi connectivity index (χ1) is 8.43. The number of nitrogens with one attached hydrogen (secondary N) is 1. The van der Waals surface area contributed by atoms with Gasteiger partial charge in [0.25, 0.3) is 0 Å². The van der Waals surface area contributed by atoms with Gasteiger partial charge in [-0.3, -0.25) is 9.97 Å². The molecule has 0 bridgehead atoms. The Morgan fingerprint density at radius 2 is 1.71 bits per heavy atom. The Morgan fingerprint density at radius 1 is 0.824 bits per heavy atom. The molecule has 0 saturated heterocycles. The highest BCUT2D eigenvalue weighted by Gasteiger charge is 2.07. The third-order valence-electron chi connectivity index (χ3n) is 3.12. The number of para-hydroxylation sites is 1. The van der Waals surface area contributed by atoms with Gasteiger partial charge in [-0.1, -0.05) is 18.2 Å². The number of aromatic nitrogens is 3. The maximum absolute atomic E-state index is 4.41. The van der Waals surface area contributed by atoms with Gasteiger partial charge < -0.3 is 4.98 Å². The Hall–Kier alpha value is -2.42. The van der Waals surface area contributed by atoms with Gasteiger partial charge in [0.2, 0.25) is 0 Å². The van der Waals surface area contributed by atoms with Crippen LogP contribution in [-0.4, -0.2) is 15.0 Å². The molecular weight excluding hydrogens is 210 g/mol. The molecule has 80 valence electrons. The molecule has 0 unspecified atom stereocenters. The summed E-state index contributed by atoms with van der Waals surface area (Å²) in [7, 11) is 0. The second-order valence-corrected chi connectivity index (χ2v) is 4.08. The lowest BCUT2D eigenvalue weighted by molar-refractivity contribution is 1.30. The van der Waals surface area contributed by atoms with Gasteiger partial charge >= 0.3 is 0 Å². The van der Waals surface area contributed by atoms with E-state index < -0.39 is 0 Å². The topological polar surface area (TPSA) is 41.6 Å². The molecule has 4 aromatic rings. The molecule has 0 aliphatic carbocycles. The van der Waals surface area contributed by atoms with Crippen LogP contribution >= 0.6 is 0 Å². The first-order valence-corrected chi connectivity index (χ1v) is 5.53. The van der Waals surface area contributed by atoms with Gasteiger partial charge in [-0.15, -0.1) is 0 Å². The van der Waals surface area contributed by atoms with E-state index >= 15 is 0 Å². The standard InChI is InChI=1S/C14H9N3/c1-2-4-11-9(3-1)10-5-6-12-14(13(10)17-11)16-8-7-15-12/h1-8,17H. The van der Waals surface area contributed by atoms with Crippen LogP contribution in [0.3, 0.4) is 0 Å². The number of rotatable bonds is 0. The third-order valence-corrected chi connectivity index (χ3v) is 3.12. The number of nitrogens with zero attached hydrogens (tertiary/aromatic N) is 2. The summed E-state index contributed by atoms with van der Waals surface area (Å²) >= 11 is 0. The molecule has 0 atom stereocenters. The first-order valence-electron chi connectivity index (χ1n) is 5.53. The van der Waals surface area contributed by atoms with E-state index in [4.69, 9.17) is 0 Å². The quantitative estimate of drug-likeness (QED) is 0.493. The van der Waals surface area contributed by atoms with Crippen LogP contribution in [0.4, 0.5) is 0 Å². The summed E-state index contributed by atoms with van der Waals surface area (Å²) in [5.74, 6) is 0. The van der Waals surface area contributed by atoms with E-state index in [-0.39, 0.29) is 0 Å². The van der Waals surface area contributed by atoms with Crippen molar-refractivity contribution in [2.45, 2.75) is 0 Å². The van der Waals surface area contributed by atoms with E-state index in [1.54, 1.807) is 12.4 Å². The molecule has 0 spiro atoms. The molecular formula is C14H9N3. The fraction of sp³-hybridized carbons (Fsp3) is 0. The Kier molecular flexibility index (Phi) is 1.56. The largest absolute Gasteiger partial charge is 0.353 e. The molecule has 0 fully saturated rings. The lowest BCUT2D eigenvalue weighted by Crippen LogP contribution is -1.82. The molecule has 1 N–H and O–H groups in total. The van der Waals surface area contributed by atoms with Crippen molar-refractivity contribution < 1.29 is 0 Å². The van der Waals surface area contributed by atoms with Crippen molar-refractivity contribution in [1.82, 2.24) is 15.0 Å². The highest BCUT2D eigenvalue weighted by molar-refractivity contribution is 6.15. The normalized spacial score (nSPS) is 11.5. The molecule has 3 nitrogen and oxygen atoms in total. The maximum Gasteiger partial charge on any atom is 0.113 e. The molecule has 2 aromatic carbocycles. The summed E-state index contributed by atoms with van der Waals surface area (Å²) in [5, 5.41) is 2.43. The van der Waals surface area contributed by atoms with Crippen molar-refractivity contribution in [1.29, 1.82) is 0 Å². The van der Waals surface area contributed by atoms with Crippen molar-refractivity contribution in [2.75, 3.05) is 0 Å². The molecule has 0 aliphatic rings. The first kappa shape index (κ1) is 8.70. The number of benzene rings is 2. The molecule has 2 heterocycles. The van der Waals surface area contributed by atoms with Crippen LogP contribution in [0, 0.1) is 0 Å². The van der Waals surface area contributed by atoms with E-state index in [2.05, 4.69) is 39.2 Å². The molecule has 0 saturated carbocycles. The molecule has 4 rings (SSSR count). The van der Waals surface area contributed by atoms with E-state index in [9.17, 15) is 0 Å². The van der Waals surface area contributed by atoms with Gasteiger partial charge in [0, 0.05) is 28.7 Å². The molecule has 0 amide bonds. The van der Waals surface area contributed by atoms with Crippen molar-refractivity contribution in [2.24, 2.45) is 0 Å². The van der Waals surface area contributed by atoms with Crippen LogP contribution in [0.2, 0.25) is 0 Å². The molecule has 17 heavy (non-hydrogen) atoms. The van der Waals surface area contributed by atoms with Crippen molar-refractivity contribution in [3.8, 4) is 0 Å². The Labute approximate surface area is 97.1 Å². The number of H-pyrrole nitrogens is 1. The monoisotopic (exact) mass is 219 g/mol. The molecule has 0 radical (unpaired) electrons. The minimum Gasteiger partial charge on any atom is -0.353 e. The predicted octanol–water partition coefficient (Wildman–Crippen LogP) is 3.26. The Balaban J connectivity index is 2.34. The Bertz CT molecular complexity index is 846. The SMILES string of the molecule is c1ccc2c(c1)[nH]c1c2ccc2nccnc21. The summed E-state index contributed by atoms with van der Waals surface area (Å²) in [5.41, 5.74) is 4.06. The molecule has 0 aliphatic heterocycles. The average Bonchev–Trinajstić information content (AvgIpc) is 2.78. The lowest BCUT2D eigenvalue weighted by Gasteiger charge is -1.96. The predicted molar refractivity (Wildman–Crippen MR) is 68.9 cm³/mol. The summed E-state index contributed by atoms with van der Waals surface area (Å²) in [4.78, 5) is 12.1. The summed E-state index contributed by atoms with van der Waals surface area (Å²) < 4.78 is 0. The van der Waals surface area contributed by atoms with Crippen molar-refractivity contribution >= 4 is 32.8 Å². The van der Waals surface area contributed by atoms with E-state index in [0.29, 0.717) is 0 Å². The van der Waals surface area contributed by atoms with Crippen LogP contribution < -0.4 is 0 Å². The zero-order valence-electron chi connectivity index (χ0n) is 9.01. The van der Waals surface area contributed by atoms with Gasteiger partial charge in [0.05, 0.1) is 11.0 Å². The van der Waals surface area contributed by atoms with Gasteiger partial charge in [-0.05, 0) is 18.2 Å². The number of hydrogen-bond donors (Lipinski definition) is 1. The number of hydrogen-bond acceptors (Lipinski definition) is 2. The lowest BCUT2D eigenvalue weighted by atomic mass is 10.1. The van der Waals surface area contributed by atoms with Crippen LogP contribution in [0.1, 0.15) is 0 Å². The zero-order valence-corrected chi connectivity index (χ0v) is 9.01. The fourth-order valence-corrected chi connectivity index (χ4v) is 2.35. The van der Waals surface area contributed by atoms with E-state index in [1.807, 2.05) is 12.1 Å². The van der Waals surface area contributed by atoms with Gasteiger partial charge in [-0.2, -0.15) is 0 Å². The minimum absolute atomic E-state index is 0.923. The second kappa shape index (κ2) is 3.04. The summed E-state index contributed by atoms with van der Waals surface area (Å²) in [6, 6.07) is 12.4. The summed E-state index contributed by atoms with van der Waals surface area (Å²) in [6.45, 7) is 0. The van der Waals surface area contributed by atoms with Crippen LogP contribution in [0.5, 0.6) is 0 Å². The van der Waals surface area contributed by atoms with E-state index in [1.165, 1.54) is 10.8 Å². The third kappa shape index (κ3) is 1.11. The zero-order chi connectivity index (χ0) is 11.2. The summed E-state index contributed by atoms with van der Waals surface area (Å²) in [6.07, 6.45) is 3.45. The van der Waals surface area contributed by atoms with Crippen LogP contribution in [-0.2, 0) is 0 Å². The number of fused-ring (bicyclic) bond motifs is 5. The number of aromatic amines is 1. The maximum atomic E-state index is 4.41. The van der Waals surface area contributed by atoms with E-state index in [0.717, 1.165) is 22.1 Å². The van der Waals surface area contributed by atoms with Gasteiger partial charge in [0.15, 0.2) is 0 Å². The van der Waals surface area contributed by atoms with Gasteiger partial charge in [-0.25, -0.2) is 0 Å². The fourth-order valence-electron chi connectivity index (χ4n) is 2.35. The molecule has 2 aromatic heterocycles. The Morgan fingerprint density at radius 3 is 2.71 bits per heavy atom. The second-order valence-electron chi connectivity index (χ2n) is 4.08. The average molecular weight is 219 g/mol. The van der Waals surface area contributed by atoms with Crippen molar-refractivity contribution in [3.63, 3.8) is 0 Å². The van der Waals surface area contributed by atoms with Crippen molar-refractivity contribution in [3.05, 3.63) is 48.8 Å². The minimum atomic E-state index is 0.923. The van der Waals surface area contributed by atoms with Crippen LogP contribution in [0.25, 0.3) is 32.8 Å². The van der Waals surface area contributed by atoms with Crippen LogP contribution in [0.15, 0.2) is 48.8 Å². The van der Waals surface area contributed by atoms with Gasteiger partial charge in [0.1, 0.15) is 5.52 Å². The smallest absolute Gasteiger partial charge is 0.113 e. The highest BCUT2D eigenvalue weighted by atomic mass is 14.8. The molecule has 3 heteroatoms.